The van der Waals surface area contributed by atoms with Gasteiger partial charge in [-0.3, -0.25) is 9.59 Å². The smallest absolute Gasteiger partial charge is 0.305 e. The molecule has 0 amide bonds. The Hall–Kier alpha value is -2.04. The number of benzene rings is 1. The number of ketones is 1. The third-order valence-electron chi connectivity index (χ3n) is 2.98. The zero-order valence-corrected chi connectivity index (χ0v) is 12.3. The van der Waals surface area contributed by atoms with E-state index in [-0.39, 0.29) is 30.5 Å². The Morgan fingerprint density at radius 1 is 1.05 bits per heavy atom. The van der Waals surface area contributed by atoms with Gasteiger partial charge in [-0.1, -0.05) is 13.0 Å². The van der Waals surface area contributed by atoms with Gasteiger partial charge in [-0.15, -0.1) is 0 Å². The summed E-state index contributed by atoms with van der Waals surface area (Å²) in [7, 11) is 4.34. The topological polar surface area (TPSA) is 61.8 Å². The van der Waals surface area contributed by atoms with Gasteiger partial charge in [-0.25, -0.2) is 0 Å². The van der Waals surface area contributed by atoms with Gasteiger partial charge < -0.3 is 14.2 Å². The molecule has 1 atom stereocenters. The van der Waals surface area contributed by atoms with E-state index in [2.05, 4.69) is 4.74 Å². The van der Waals surface area contributed by atoms with Crippen molar-refractivity contribution in [2.45, 2.75) is 19.8 Å². The van der Waals surface area contributed by atoms with E-state index in [0.29, 0.717) is 17.1 Å². The largest absolute Gasteiger partial charge is 0.496 e. The molecule has 1 unspecified atom stereocenters. The summed E-state index contributed by atoms with van der Waals surface area (Å²) in [5.41, 5.74) is 0.411. The third kappa shape index (κ3) is 3.98. The van der Waals surface area contributed by atoms with Gasteiger partial charge in [0.05, 0.1) is 21.3 Å². The van der Waals surface area contributed by atoms with Crippen LogP contribution in [0.5, 0.6) is 11.5 Å². The average molecular weight is 280 g/mol. The Bertz CT molecular complexity index is 459. The number of hydrogen-bond acceptors (Lipinski definition) is 5. The fourth-order valence-corrected chi connectivity index (χ4v) is 1.98. The summed E-state index contributed by atoms with van der Waals surface area (Å²) in [5.74, 6) is 0.400. The van der Waals surface area contributed by atoms with Crippen LogP contribution in [0.4, 0.5) is 0 Å². The first-order valence-electron chi connectivity index (χ1n) is 6.34. The van der Waals surface area contributed by atoms with E-state index in [0.717, 1.165) is 0 Å². The van der Waals surface area contributed by atoms with E-state index in [1.807, 2.05) is 6.92 Å². The molecular formula is C15H20O5. The van der Waals surface area contributed by atoms with Crippen molar-refractivity contribution in [3.8, 4) is 11.5 Å². The summed E-state index contributed by atoms with van der Waals surface area (Å²) < 4.78 is 15.0. The minimum absolute atomic E-state index is 0.107. The molecule has 1 rings (SSSR count). The lowest BCUT2D eigenvalue weighted by molar-refractivity contribution is -0.141. The first-order valence-corrected chi connectivity index (χ1v) is 6.34. The van der Waals surface area contributed by atoms with Crippen molar-refractivity contribution in [1.29, 1.82) is 0 Å². The fraction of sp³-hybridized carbons (Fsp3) is 0.467. The maximum atomic E-state index is 12.4. The van der Waals surface area contributed by atoms with Gasteiger partial charge in [0.25, 0.3) is 0 Å². The zero-order valence-electron chi connectivity index (χ0n) is 12.3. The van der Waals surface area contributed by atoms with Crippen LogP contribution in [0.3, 0.4) is 0 Å². The standard InChI is InChI=1S/C15H20O5/c1-10(9-14(17)20-4)8-11(16)15-12(18-2)6-5-7-13(15)19-3/h5-7,10H,8-9H2,1-4H3. The van der Waals surface area contributed by atoms with Crippen LogP contribution in [0, 0.1) is 5.92 Å². The maximum Gasteiger partial charge on any atom is 0.305 e. The quantitative estimate of drug-likeness (QED) is 0.567. The highest BCUT2D eigenvalue weighted by atomic mass is 16.5. The molecule has 0 saturated heterocycles. The van der Waals surface area contributed by atoms with Gasteiger partial charge >= 0.3 is 5.97 Å². The highest BCUT2D eigenvalue weighted by Gasteiger charge is 2.21. The highest BCUT2D eigenvalue weighted by molar-refractivity contribution is 6.01. The molecule has 0 aromatic heterocycles. The minimum Gasteiger partial charge on any atom is -0.496 e. The van der Waals surface area contributed by atoms with E-state index in [9.17, 15) is 9.59 Å². The molecule has 0 heterocycles. The molecule has 1 aromatic carbocycles. The van der Waals surface area contributed by atoms with Gasteiger partial charge in [-0.05, 0) is 18.1 Å². The fourth-order valence-electron chi connectivity index (χ4n) is 1.98. The van der Waals surface area contributed by atoms with Crippen molar-refractivity contribution in [1.82, 2.24) is 0 Å². The van der Waals surface area contributed by atoms with Crippen LogP contribution in [-0.4, -0.2) is 33.1 Å². The number of Topliss-reactive ketones (excluding diaryl/α,β-unsaturated/α-hetero) is 1. The van der Waals surface area contributed by atoms with Crippen LogP contribution < -0.4 is 9.47 Å². The lowest BCUT2D eigenvalue weighted by Crippen LogP contribution is -2.13. The van der Waals surface area contributed by atoms with Crippen LogP contribution in [0.15, 0.2) is 18.2 Å². The molecule has 20 heavy (non-hydrogen) atoms. The van der Waals surface area contributed by atoms with Crippen LogP contribution >= 0.6 is 0 Å². The SMILES string of the molecule is COC(=O)CC(C)CC(=O)c1c(OC)cccc1OC. The second-order valence-electron chi connectivity index (χ2n) is 4.55. The summed E-state index contributed by atoms with van der Waals surface area (Å²) in [6.07, 6.45) is 0.436. The second kappa shape index (κ2) is 7.53. The van der Waals surface area contributed by atoms with E-state index in [1.54, 1.807) is 18.2 Å². The predicted octanol–water partition coefficient (Wildman–Crippen LogP) is 2.48. The van der Waals surface area contributed by atoms with Crippen molar-refractivity contribution in [2.24, 2.45) is 5.92 Å². The molecule has 0 fully saturated rings. The monoisotopic (exact) mass is 280 g/mol. The summed E-state index contributed by atoms with van der Waals surface area (Å²) in [4.78, 5) is 23.6. The first-order chi connectivity index (χ1) is 9.53. The number of methoxy groups -OCH3 is 3. The normalized spacial score (nSPS) is 11.6. The molecule has 0 aliphatic heterocycles. The van der Waals surface area contributed by atoms with Gasteiger partial charge in [0, 0.05) is 12.8 Å². The van der Waals surface area contributed by atoms with Crippen LogP contribution in [0.25, 0.3) is 0 Å². The molecule has 0 aliphatic rings. The van der Waals surface area contributed by atoms with Gasteiger partial charge in [0.2, 0.25) is 0 Å². The zero-order chi connectivity index (χ0) is 15.1. The van der Waals surface area contributed by atoms with Crippen molar-refractivity contribution >= 4 is 11.8 Å². The third-order valence-corrected chi connectivity index (χ3v) is 2.98. The van der Waals surface area contributed by atoms with Crippen molar-refractivity contribution in [2.75, 3.05) is 21.3 Å². The van der Waals surface area contributed by atoms with Crippen molar-refractivity contribution in [3.63, 3.8) is 0 Å². The Kier molecular flexibility index (Phi) is 6.03. The van der Waals surface area contributed by atoms with E-state index < -0.39 is 0 Å². The molecule has 5 nitrogen and oxygen atoms in total. The van der Waals surface area contributed by atoms with E-state index in [1.165, 1.54) is 21.3 Å². The summed E-state index contributed by atoms with van der Waals surface area (Å²) >= 11 is 0. The summed E-state index contributed by atoms with van der Waals surface area (Å²) in [5, 5.41) is 0. The van der Waals surface area contributed by atoms with Crippen LogP contribution in [-0.2, 0) is 9.53 Å². The average Bonchev–Trinajstić information content (AvgIpc) is 2.45. The molecule has 0 N–H and O–H groups in total. The predicted molar refractivity (Wildman–Crippen MR) is 74.3 cm³/mol. The van der Waals surface area contributed by atoms with Gasteiger partial charge in [-0.2, -0.15) is 0 Å². The Morgan fingerprint density at radius 2 is 1.60 bits per heavy atom. The summed E-state index contributed by atoms with van der Waals surface area (Å²) in [6, 6.07) is 5.17. The number of carbonyl (C=O) groups excluding carboxylic acids is 2. The summed E-state index contributed by atoms with van der Waals surface area (Å²) in [6.45, 7) is 1.83. The molecule has 0 aliphatic carbocycles. The number of ether oxygens (including phenoxy) is 3. The van der Waals surface area contributed by atoms with Crippen LogP contribution in [0.1, 0.15) is 30.1 Å². The molecule has 0 bridgehead atoms. The van der Waals surface area contributed by atoms with Crippen LogP contribution in [0.2, 0.25) is 0 Å². The van der Waals surface area contributed by atoms with E-state index >= 15 is 0 Å². The molecule has 5 heteroatoms. The maximum absolute atomic E-state index is 12.4. The van der Waals surface area contributed by atoms with E-state index in [4.69, 9.17) is 9.47 Å². The number of esters is 1. The van der Waals surface area contributed by atoms with Crippen molar-refractivity contribution < 1.29 is 23.8 Å². The van der Waals surface area contributed by atoms with Gasteiger partial charge in [0.15, 0.2) is 5.78 Å². The molecular weight excluding hydrogens is 260 g/mol. The molecule has 0 saturated carbocycles. The van der Waals surface area contributed by atoms with Gasteiger partial charge in [0.1, 0.15) is 17.1 Å². The van der Waals surface area contributed by atoms with Crippen molar-refractivity contribution in [3.05, 3.63) is 23.8 Å². The number of carbonyl (C=O) groups is 2. The lowest BCUT2D eigenvalue weighted by atomic mass is 9.96. The Morgan fingerprint density at radius 3 is 2.05 bits per heavy atom. The Labute approximate surface area is 118 Å². The first kappa shape index (κ1) is 16.0. The molecule has 0 radical (unpaired) electrons. The molecule has 1 aromatic rings. The highest BCUT2D eigenvalue weighted by Crippen LogP contribution is 2.30. The Balaban J connectivity index is 2.89. The minimum atomic E-state index is -0.322. The lowest BCUT2D eigenvalue weighted by Gasteiger charge is -2.14. The number of rotatable bonds is 7. The second-order valence-corrected chi connectivity index (χ2v) is 4.55. The molecule has 0 spiro atoms. The number of hydrogen-bond donors (Lipinski definition) is 0. The molecule has 110 valence electrons.